The first-order valence-corrected chi connectivity index (χ1v) is 6.03. The Bertz CT molecular complexity index is 498. The van der Waals surface area contributed by atoms with E-state index in [1.165, 1.54) is 6.07 Å². The molecule has 1 aromatic carbocycles. The van der Waals surface area contributed by atoms with Gasteiger partial charge in [0.05, 0.1) is 18.6 Å². The average molecular weight is 304 g/mol. The van der Waals surface area contributed by atoms with E-state index in [1.807, 2.05) is 6.20 Å². The zero-order valence-electron chi connectivity index (χ0n) is 8.33. The number of nitrogens with zero attached hydrogens (tertiary/aromatic N) is 2. The number of benzene rings is 1. The molecule has 0 aliphatic rings. The largest absolute Gasteiger partial charge is 0.268 e. The fourth-order valence-electron chi connectivity index (χ4n) is 1.40. The molecule has 0 N–H and O–H groups in total. The second-order valence-corrected chi connectivity index (χ2v) is 4.60. The Hall–Kier alpha value is -0.870. The van der Waals surface area contributed by atoms with Gasteiger partial charge < -0.3 is 0 Å². The fourth-order valence-corrected chi connectivity index (χ4v) is 1.95. The van der Waals surface area contributed by atoms with Gasteiger partial charge in [-0.15, -0.1) is 11.6 Å². The van der Waals surface area contributed by atoms with Crippen LogP contribution in [0.3, 0.4) is 0 Å². The van der Waals surface area contributed by atoms with E-state index in [4.69, 9.17) is 11.6 Å². The van der Waals surface area contributed by atoms with Gasteiger partial charge in [-0.2, -0.15) is 5.10 Å². The molecular weight excluding hydrogens is 294 g/mol. The fraction of sp³-hybridized carbons (Fsp3) is 0.182. The van der Waals surface area contributed by atoms with Crippen molar-refractivity contribution in [3.05, 3.63) is 52.0 Å². The van der Waals surface area contributed by atoms with Crippen molar-refractivity contribution in [2.24, 2.45) is 0 Å². The first-order chi connectivity index (χ1) is 7.69. The summed E-state index contributed by atoms with van der Waals surface area (Å²) in [6, 6.07) is 4.86. The number of halogens is 3. The van der Waals surface area contributed by atoms with E-state index in [0.717, 1.165) is 10.0 Å². The highest BCUT2D eigenvalue weighted by Gasteiger charge is 2.05. The molecule has 0 saturated heterocycles. The highest BCUT2D eigenvalue weighted by atomic mass is 79.9. The van der Waals surface area contributed by atoms with E-state index in [9.17, 15) is 4.39 Å². The Balaban J connectivity index is 2.22. The lowest BCUT2D eigenvalue weighted by atomic mass is 10.2. The van der Waals surface area contributed by atoms with Gasteiger partial charge in [0.15, 0.2) is 0 Å². The van der Waals surface area contributed by atoms with Crippen molar-refractivity contribution >= 4 is 27.5 Å². The third-order valence-electron chi connectivity index (χ3n) is 2.18. The maximum absolute atomic E-state index is 13.5. The smallest absolute Gasteiger partial charge is 0.128 e. The van der Waals surface area contributed by atoms with Crippen LogP contribution in [0.15, 0.2) is 35.1 Å². The van der Waals surface area contributed by atoms with Crippen molar-refractivity contribution in [1.82, 2.24) is 9.78 Å². The minimum Gasteiger partial charge on any atom is -0.268 e. The Morgan fingerprint density at radius 2 is 2.25 bits per heavy atom. The molecule has 0 radical (unpaired) electrons. The van der Waals surface area contributed by atoms with Crippen molar-refractivity contribution < 1.29 is 4.39 Å². The van der Waals surface area contributed by atoms with Gasteiger partial charge >= 0.3 is 0 Å². The molecule has 0 unspecified atom stereocenters. The quantitative estimate of drug-likeness (QED) is 0.793. The van der Waals surface area contributed by atoms with Crippen LogP contribution in [0, 0.1) is 5.82 Å². The molecular formula is C11H9BrClFN2. The molecule has 84 valence electrons. The SMILES string of the molecule is Fc1ccc(Br)cc1Cn1cc(CCl)cn1. The van der Waals surface area contributed by atoms with Gasteiger partial charge in [0, 0.05) is 21.8 Å². The highest BCUT2D eigenvalue weighted by molar-refractivity contribution is 9.10. The third kappa shape index (κ3) is 2.62. The van der Waals surface area contributed by atoms with E-state index >= 15 is 0 Å². The number of aromatic nitrogens is 2. The Morgan fingerprint density at radius 3 is 2.94 bits per heavy atom. The van der Waals surface area contributed by atoms with Gasteiger partial charge in [-0.25, -0.2) is 4.39 Å². The molecule has 2 nitrogen and oxygen atoms in total. The summed E-state index contributed by atoms with van der Waals surface area (Å²) in [7, 11) is 0. The Morgan fingerprint density at radius 1 is 1.44 bits per heavy atom. The molecule has 0 aliphatic carbocycles. The van der Waals surface area contributed by atoms with E-state index in [2.05, 4.69) is 21.0 Å². The van der Waals surface area contributed by atoms with Gasteiger partial charge in [0.25, 0.3) is 0 Å². The molecule has 0 aliphatic heterocycles. The molecule has 0 atom stereocenters. The van der Waals surface area contributed by atoms with Crippen LogP contribution in [0.1, 0.15) is 11.1 Å². The minimum atomic E-state index is -0.230. The third-order valence-corrected chi connectivity index (χ3v) is 2.98. The van der Waals surface area contributed by atoms with Gasteiger partial charge in [-0.05, 0) is 18.2 Å². The van der Waals surface area contributed by atoms with Crippen molar-refractivity contribution in [3.63, 3.8) is 0 Å². The molecule has 1 aromatic heterocycles. The van der Waals surface area contributed by atoms with Gasteiger partial charge in [0.1, 0.15) is 5.82 Å². The van der Waals surface area contributed by atoms with Crippen LogP contribution in [0.4, 0.5) is 4.39 Å². The average Bonchev–Trinajstić information content (AvgIpc) is 2.71. The molecule has 1 heterocycles. The lowest BCUT2D eigenvalue weighted by Gasteiger charge is -2.04. The monoisotopic (exact) mass is 302 g/mol. The number of alkyl halides is 1. The predicted molar refractivity (Wildman–Crippen MR) is 65.0 cm³/mol. The lowest BCUT2D eigenvalue weighted by Crippen LogP contribution is -2.02. The maximum Gasteiger partial charge on any atom is 0.128 e. The van der Waals surface area contributed by atoms with Crippen LogP contribution in [0.25, 0.3) is 0 Å². The van der Waals surface area contributed by atoms with Gasteiger partial charge in [0.2, 0.25) is 0 Å². The van der Waals surface area contributed by atoms with E-state index in [0.29, 0.717) is 18.0 Å². The first kappa shape index (κ1) is 11.6. The summed E-state index contributed by atoms with van der Waals surface area (Å²) in [5, 5.41) is 4.10. The molecule has 0 amide bonds. The summed E-state index contributed by atoms with van der Waals surface area (Å²) >= 11 is 8.98. The number of hydrogen-bond donors (Lipinski definition) is 0. The van der Waals surface area contributed by atoms with E-state index in [1.54, 1.807) is 23.0 Å². The lowest BCUT2D eigenvalue weighted by molar-refractivity contribution is 0.584. The van der Waals surface area contributed by atoms with Crippen molar-refractivity contribution in [1.29, 1.82) is 0 Å². The zero-order valence-corrected chi connectivity index (χ0v) is 10.7. The van der Waals surface area contributed by atoms with Crippen LogP contribution in [-0.2, 0) is 12.4 Å². The molecule has 2 rings (SSSR count). The molecule has 0 fully saturated rings. The second kappa shape index (κ2) is 4.97. The predicted octanol–water partition coefficient (Wildman–Crippen LogP) is 3.57. The van der Waals surface area contributed by atoms with E-state index < -0.39 is 0 Å². The van der Waals surface area contributed by atoms with E-state index in [-0.39, 0.29) is 5.82 Å². The summed E-state index contributed by atoms with van der Waals surface area (Å²) in [6.07, 6.45) is 3.50. The van der Waals surface area contributed by atoms with Crippen molar-refractivity contribution in [2.45, 2.75) is 12.4 Å². The van der Waals surface area contributed by atoms with Crippen LogP contribution in [-0.4, -0.2) is 9.78 Å². The maximum atomic E-state index is 13.5. The second-order valence-electron chi connectivity index (χ2n) is 3.42. The number of hydrogen-bond acceptors (Lipinski definition) is 1. The topological polar surface area (TPSA) is 17.8 Å². The van der Waals surface area contributed by atoms with Crippen LogP contribution in [0.5, 0.6) is 0 Å². The first-order valence-electron chi connectivity index (χ1n) is 4.70. The highest BCUT2D eigenvalue weighted by Crippen LogP contribution is 2.16. The molecule has 0 bridgehead atoms. The molecule has 0 spiro atoms. The van der Waals surface area contributed by atoms with Crippen LogP contribution in [0.2, 0.25) is 0 Å². The standard InChI is InChI=1S/C11H9BrClFN2/c12-10-1-2-11(14)9(3-10)7-16-6-8(4-13)5-15-16/h1-3,5-6H,4,7H2. The molecule has 0 saturated carbocycles. The molecule has 5 heteroatoms. The molecule has 2 aromatic rings. The normalized spacial score (nSPS) is 10.7. The Kier molecular flexibility index (Phi) is 3.61. The van der Waals surface area contributed by atoms with Crippen molar-refractivity contribution in [3.8, 4) is 0 Å². The van der Waals surface area contributed by atoms with Crippen LogP contribution >= 0.6 is 27.5 Å². The van der Waals surface area contributed by atoms with Gasteiger partial charge in [-0.1, -0.05) is 15.9 Å². The van der Waals surface area contributed by atoms with Gasteiger partial charge in [-0.3, -0.25) is 4.68 Å². The summed E-state index contributed by atoms with van der Waals surface area (Å²) in [6.45, 7) is 0.405. The summed E-state index contributed by atoms with van der Waals surface area (Å²) in [5.41, 5.74) is 1.52. The summed E-state index contributed by atoms with van der Waals surface area (Å²) < 4.78 is 16.0. The summed E-state index contributed by atoms with van der Waals surface area (Å²) in [4.78, 5) is 0. The van der Waals surface area contributed by atoms with Crippen molar-refractivity contribution in [2.75, 3.05) is 0 Å². The Labute approximate surface area is 106 Å². The number of rotatable bonds is 3. The van der Waals surface area contributed by atoms with Crippen LogP contribution < -0.4 is 0 Å². The summed E-state index contributed by atoms with van der Waals surface area (Å²) in [5.74, 6) is 0.187. The minimum absolute atomic E-state index is 0.230. The zero-order chi connectivity index (χ0) is 11.5. The molecule has 16 heavy (non-hydrogen) atoms.